The molecule has 1 aliphatic heterocycles. The van der Waals surface area contributed by atoms with Gasteiger partial charge in [0.2, 0.25) is 5.91 Å². The lowest BCUT2D eigenvalue weighted by Gasteiger charge is -2.32. The minimum atomic E-state index is -0.515. The quantitative estimate of drug-likeness (QED) is 0.412. The number of hydrogen-bond acceptors (Lipinski definition) is 8. The summed E-state index contributed by atoms with van der Waals surface area (Å²) in [4.78, 5) is 22.6. The third-order valence-corrected chi connectivity index (χ3v) is 6.15. The summed E-state index contributed by atoms with van der Waals surface area (Å²) in [6.45, 7) is 3.00. The molecule has 0 radical (unpaired) electrons. The Balaban J connectivity index is 1.61. The monoisotopic (exact) mass is 518 g/mol. The number of rotatable bonds is 9. The van der Waals surface area contributed by atoms with Gasteiger partial charge in [0.1, 0.15) is 30.7 Å². The summed E-state index contributed by atoms with van der Waals surface area (Å²) in [7, 11) is 3.06. The van der Waals surface area contributed by atoms with Crippen LogP contribution in [0.2, 0.25) is 5.02 Å². The van der Waals surface area contributed by atoms with Crippen LogP contribution in [0.3, 0.4) is 0 Å². The number of nitrogens with one attached hydrogen (secondary N) is 1. The molecular formula is C25H28ClFN4O5. The van der Waals surface area contributed by atoms with Crippen molar-refractivity contribution in [1.29, 1.82) is 0 Å². The van der Waals surface area contributed by atoms with Gasteiger partial charge >= 0.3 is 0 Å². The molecule has 3 aromatic rings. The van der Waals surface area contributed by atoms with Crippen molar-refractivity contribution >= 4 is 39.9 Å². The molecule has 4 rings (SSSR count). The normalized spacial score (nSPS) is 15.1. The first-order valence-corrected chi connectivity index (χ1v) is 11.9. The molecule has 1 atom stereocenters. The highest BCUT2D eigenvalue weighted by atomic mass is 35.5. The van der Waals surface area contributed by atoms with E-state index in [1.54, 1.807) is 31.1 Å². The zero-order chi connectivity index (χ0) is 25.7. The topological polar surface area (TPSA) is 95.0 Å². The number of fused-ring (bicyclic) bond motifs is 1. The van der Waals surface area contributed by atoms with Crippen molar-refractivity contribution in [2.24, 2.45) is 0 Å². The molecular weight excluding hydrogens is 491 g/mol. The number of carbonyl (C=O) groups excluding carboxylic acids is 1. The van der Waals surface area contributed by atoms with E-state index in [2.05, 4.69) is 15.3 Å². The van der Waals surface area contributed by atoms with Crippen LogP contribution in [0.4, 0.5) is 15.9 Å². The number of anilines is 2. The number of amides is 1. The fraction of sp³-hybridized carbons (Fsp3) is 0.400. The molecule has 0 aliphatic carbocycles. The van der Waals surface area contributed by atoms with Gasteiger partial charge in [-0.2, -0.15) is 0 Å². The second kappa shape index (κ2) is 11.7. The number of benzene rings is 2. The lowest BCUT2D eigenvalue weighted by Crippen LogP contribution is -2.43. The van der Waals surface area contributed by atoms with Gasteiger partial charge < -0.3 is 29.2 Å². The van der Waals surface area contributed by atoms with Crippen LogP contribution in [-0.2, 0) is 14.3 Å². The van der Waals surface area contributed by atoms with Crippen molar-refractivity contribution in [2.75, 3.05) is 39.2 Å². The molecule has 1 unspecified atom stereocenters. The van der Waals surface area contributed by atoms with Gasteiger partial charge in [0.25, 0.3) is 0 Å². The Labute approximate surface area is 213 Å². The van der Waals surface area contributed by atoms with Gasteiger partial charge in [-0.25, -0.2) is 14.4 Å². The number of methoxy groups -OCH3 is 2. The fourth-order valence-corrected chi connectivity index (χ4v) is 4.08. The number of aromatic nitrogens is 2. The Bertz CT molecular complexity index is 1220. The molecule has 1 aliphatic rings. The SMILES string of the molecule is COCC(=O)N1CCC(Oc2cc3c(Nc4ccc(F)c(Cl)c4)ncnc3cc2OC(C)OC)CC1. The van der Waals surface area contributed by atoms with E-state index in [1.165, 1.54) is 25.6 Å². The van der Waals surface area contributed by atoms with Gasteiger partial charge in [-0.15, -0.1) is 0 Å². The first-order valence-electron chi connectivity index (χ1n) is 11.5. The summed E-state index contributed by atoms with van der Waals surface area (Å²) in [5, 5.41) is 3.85. The number of likely N-dealkylation sites (tertiary alicyclic amines) is 1. The minimum absolute atomic E-state index is 0.00180. The second-order valence-electron chi connectivity index (χ2n) is 8.34. The van der Waals surface area contributed by atoms with Crippen molar-refractivity contribution in [3.05, 3.63) is 47.5 Å². The Morgan fingerprint density at radius 2 is 1.97 bits per heavy atom. The summed E-state index contributed by atoms with van der Waals surface area (Å²) in [6.07, 6.45) is 2.12. The van der Waals surface area contributed by atoms with Crippen LogP contribution in [0.1, 0.15) is 19.8 Å². The van der Waals surface area contributed by atoms with Gasteiger partial charge in [0.15, 0.2) is 17.8 Å². The summed E-state index contributed by atoms with van der Waals surface area (Å²) in [5.41, 5.74) is 1.19. The summed E-state index contributed by atoms with van der Waals surface area (Å²) >= 11 is 5.93. The number of hydrogen-bond donors (Lipinski definition) is 1. The molecule has 1 saturated heterocycles. The van der Waals surface area contributed by atoms with Crippen LogP contribution in [0.5, 0.6) is 11.5 Å². The molecule has 0 saturated carbocycles. The van der Waals surface area contributed by atoms with Crippen molar-refractivity contribution in [2.45, 2.75) is 32.2 Å². The smallest absolute Gasteiger partial charge is 0.248 e. The standard InChI is InChI=1S/C25H28ClFN4O5/c1-15(34-3)35-23-12-21-18(25(29-14-28-21)30-16-4-5-20(27)19(26)10-16)11-22(23)36-17-6-8-31(9-7-17)24(32)13-33-2/h4-5,10-12,14-15,17H,6-9,13H2,1-3H3,(H,28,29,30). The van der Waals surface area contributed by atoms with E-state index < -0.39 is 12.1 Å². The molecule has 2 aromatic carbocycles. The van der Waals surface area contributed by atoms with E-state index in [4.69, 9.17) is 30.5 Å². The van der Waals surface area contributed by atoms with E-state index >= 15 is 0 Å². The highest BCUT2D eigenvalue weighted by molar-refractivity contribution is 6.31. The van der Waals surface area contributed by atoms with Gasteiger partial charge in [-0.1, -0.05) is 11.6 Å². The molecule has 1 amide bonds. The van der Waals surface area contributed by atoms with Crippen molar-refractivity contribution < 1.29 is 28.1 Å². The van der Waals surface area contributed by atoms with Crippen LogP contribution < -0.4 is 14.8 Å². The molecule has 0 spiro atoms. The maximum atomic E-state index is 13.6. The van der Waals surface area contributed by atoms with Crippen molar-refractivity contribution in [1.82, 2.24) is 14.9 Å². The summed E-state index contributed by atoms with van der Waals surface area (Å²) < 4.78 is 36.1. The van der Waals surface area contributed by atoms with Crippen LogP contribution in [0.15, 0.2) is 36.7 Å². The summed E-state index contributed by atoms with van der Waals surface area (Å²) in [5.74, 6) is 0.939. The number of ether oxygens (including phenoxy) is 4. The van der Waals surface area contributed by atoms with Crippen LogP contribution >= 0.6 is 11.6 Å². The van der Waals surface area contributed by atoms with Gasteiger partial charge in [-0.05, 0) is 31.2 Å². The van der Waals surface area contributed by atoms with E-state index in [1.807, 2.05) is 6.07 Å². The maximum Gasteiger partial charge on any atom is 0.248 e. The van der Waals surface area contributed by atoms with E-state index in [0.29, 0.717) is 59.8 Å². The van der Waals surface area contributed by atoms with E-state index in [0.717, 1.165) is 0 Å². The average Bonchev–Trinajstić information content (AvgIpc) is 2.87. The van der Waals surface area contributed by atoms with Gasteiger partial charge in [0.05, 0.1) is 10.5 Å². The number of carbonyl (C=O) groups is 1. The number of nitrogens with zero attached hydrogens (tertiary/aromatic N) is 3. The molecule has 1 fully saturated rings. The Kier molecular flexibility index (Phi) is 8.40. The Morgan fingerprint density at radius 1 is 1.19 bits per heavy atom. The lowest BCUT2D eigenvalue weighted by molar-refractivity contribution is -0.136. The minimum Gasteiger partial charge on any atom is -0.486 e. The van der Waals surface area contributed by atoms with Gasteiger partial charge in [0, 0.05) is 57.3 Å². The molecule has 192 valence electrons. The maximum absolute atomic E-state index is 13.6. The lowest BCUT2D eigenvalue weighted by atomic mass is 10.1. The molecule has 0 bridgehead atoms. The summed E-state index contributed by atoms with van der Waals surface area (Å²) in [6, 6.07) is 7.91. The first-order chi connectivity index (χ1) is 17.4. The first kappa shape index (κ1) is 25.9. The average molecular weight is 519 g/mol. The van der Waals surface area contributed by atoms with E-state index in [-0.39, 0.29) is 23.6 Å². The van der Waals surface area contributed by atoms with Crippen molar-refractivity contribution in [3.63, 3.8) is 0 Å². The molecule has 2 heterocycles. The molecule has 11 heteroatoms. The fourth-order valence-electron chi connectivity index (χ4n) is 3.90. The predicted octanol–water partition coefficient (Wildman–Crippen LogP) is 4.55. The number of halogens is 2. The van der Waals surface area contributed by atoms with E-state index in [9.17, 15) is 9.18 Å². The third kappa shape index (κ3) is 6.13. The zero-order valence-electron chi connectivity index (χ0n) is 20.3. The van der Waals surface area contributed by atoms with Gasteiger partial charge in [-0.3, -0.25) is 4.79 Å². The highest BCUT2D eigenvalue weighted by Crippen LogP contribution is 2.37. The molecule has 9 nitrogen and oxygen atoms in total. The molecule has 1 N–H and O–H groups in total. The van der Waals surface area contributed by atoms with Crippen molar-refractivity contribution in [3.8, 4) is 11.5 Å². The van der Waals surface area contributed by atoms with Crippen LogP contribution in [0.25, 0.3) is 10.9 Å². The van der Waals surface area contributed by atoms with Crippen LogP contribution in [-0.4, -0.2) is 67.1 Å². The number of piperidine rings is 1. The third-order valence-electron chi connectivity index (χ3n) is 5.86. The Hall–Kier alpha value is -3.21. The Morgan fingerprint density at radius 3 is 2.67 bits per heavy atom. The molecule has 1 aromatic heterocycles. The largest absolute Gasteiger partial charge is 0.486 e. The second-order valence-corrected chi connectivity index (χ2v) is 8.75. The molecule has 36 heavy (non-hydrogen) atoms. The zero-order valence-corrected chi connectivity index (χ0v) is 21.0. The predicted molar refractivity (Wildman–Crippen MR) is 133 cm³/mol. The van der Waals surface area contributed by atoms with Crippen LogP contribution in [0, 0.1) is 5.82 Å². The highest BCUT2D eigenvalue weighted by Gasteiger charge is 2.25.